The number of hydrogen-bond donors (Lipinski definition) is 2. The van der Waals surface area contributed by atoms with E-state index in [1.165, 1.54) is 25.8 Å². The predicted octanol–water partition coefficient (Wildman–Crippen LogP) is 1.27. The SMILES string of the molecule is CC(C)(C)OC(=O)N1CCN(CCCNC2CCCNC2)CC1. The average Bonchev–Trinajstić information content (AvgIpc) is 2.51. The van der Waals surface area contributed by atoms with Crippen molar-refractivity contribution in [3.05, 3.63) is 0 Å². The van der Waals surface area contributed by atoms with Crippen molar-refractivity contribution in [2.45, 2.75) is 51.7 Å². The zero-order valence-electron chi connectivity index (χ0n) is 15.1. The van der Waals surface area contributed by atoms with Crippen LogP contribution in [0.1, 0.15) is 40.0 Å². The van der Waals surface area contributed by atoms with Gasteiger partial charge >= 0.3 is 6.09 Å². The Morgan fingerprint density at radius 1 is 1.26 bits per heavy atom. The third-order valence-electron chi connectivity index (χ3n) is 4.40. The topological polar surface area (TPSA) is 56.8 Å². The van der Waals surface area contributed by atoms with Crippen LogP contribution in [0.25, 0.3) is 0 Å². The van der Waals surface area contributed by atoms with Gasteiger partial charge in [0.05, 0.1) is 0 Å². The van der Waals surface area contributed by atoms with Crippen molar-refractivity contribution in [1.82, 2.24) is 20.4 Å². The lowest BCUT2D eigenvalue weighted by Gasteiger charge is -2.35. The van der Waals surface area contributed by atoms with E-state index in [1.807, 2.05) is 25.7 Å². The first kappa shape index (κ1) is 18.5. The van der Waals surface area contributed by atoms with Gasteiger partial charge in [-0.25, -0.2) is 4.79 Å². The number of carbonyl (C=O) groups excluding carboxylic acids is 1. The number of ether oxygens (including phenoxy) is 1. The zero-order chi connectivity index (χ0) is 16.7. The molecule has 1 atom stereocenters. The summed E-state index contributed by atoms with van der Waals surface area (Å²) in [6.45, 7) is 13.6. The molecule has 2 N–H and O–H groups in total. The van der Waals surface area contributed by atoms with Crippen molar-refractivity contribution in [3.8, 4) is 0 Å². The summed E-state index contributed by atoms with van der Waals surface area (Å²) in [5.41, 5.74) is -0.409. The van der Waals surface area contributed by atoms with Gasteiger partial charge in [0.15, 0.2) is 0 Å². The second-order valence-electron chi connectivity index (χ2n) is 7.66. The summed E-state index contributed by atoms with van der Waals surface area (Å²) in [7, 11) is 0. The summed E-state index contributed by atoms with van der Waals surface area (Å²) in [6, 6.07) is 0.646. The zero-order valence-corrected chi connectivity index (χ0v) is 15.1. The van der Waals surface area contributed by atoms with Gasteiger partial charge in [-0.05, 0) is 59.7 Å². The van der Waals surface area contributed by atoms with Crippen LogP contribution in [0.15, 0.2) is 0 Å². The monoisotopic (exact) mass is 326 g/mol. The van der Waals surface area contributed by atoms with Crippen LogP contribution in [0, 0.1) is 0 Å². The van der Waals surface area contributed by atoms with E-state index in [0.29, 0.717) is 6.04 Å². The summed E-state index contributed by atoms with van der Waals surface area (Å²) in [5, 5.41) is 7.07. The Morgan fingerprint density at radius 3 is 2.61 bits per heavy atom. The lowest BCUT2D eigenvalue weighted by molar-refractivity contribution is 0.0144. The van der Waals surface area contributed by atoms with Crippen LogP contribution in [0.3, 0.4) is 0 Å². The Labute approximate surface area is 140 Å². The molecule has 2 rings (SSSR count). The summed E-state index contributed by atoms with van der Waals surface area (Å²) >= 11 is 0. The molecule has 0 aromatic rings. The Hall–Kier alpha value is -0.850. The van der Waals surface area contributed by atoms with Crippen molar-refractivity contribution in [1.29, 1.82) is 0 Å². The molecule has 23 heavy (non-hydrogen) atoms. The predicted molar refractivity (Wildman–Crippen MR) is 92.8 cm³/mol. The van der Waals surface area contributed by atoms with E-state index in [1.54, 1.807) is 0 Å². The molecule has 2 aliphatic heterocycles. The van der Waals surface area contributed by atoms with Gasteiger partial charge in [-0.15, -0.1) is 0 Å². The maximum atomic E-state index is 12.0. The summed E-state index contributed by atoms with van der Waals surface area (Å²) in [5.74, 6) is 0. The van der Waals surface area contributed by atoms with E-state index in [0.717, 1.165) is 45.8 Å². The number of amides is 1. The number of carbonyl (C=O) groups is 1. The number of rotatable bonds is 5. The molecule has 0 bridgehead atoms. The molecule has 2 saturated heterocycles. The summed E-state index contributed by atoms with van der Waals surface area (Å²) in [4.78, 5) is 16.3. The number of nitrogens with one attached hydrogen (secondary N) is 2. The smallest absolute Gasteiger partial charge is 0.410 e. The Balaban J connectivity index is 1.55. The third kappa shape index (κ3) is 7.06. The highest BCUT2D eigenvalue weighted by Crippen LogP contribution is 2.12. The first-order valence-corrected chi connectivity index (χ1v) is 9.08. The molecule has 6 nitrogen and oxygen atoms in total. The van der Waals surface area contributed by atoms with E-state index in [-0.39, 0.29) is 6.09 Å². The van der Waals surface area contributed by atoms with Crippen LogP contribution in [0.4, 0.5) is 4.79 Å². The maximum absolute atomic E-state index is 12.0. The summed E-state index contributed by atoms with van der Waals surface area (Å²) in [6.07, 6.45) is 3.57. The number of piperazine rings is 1. The fraction of sp³-hybridized carbons (Fsp3) is 0.941. The fourth-order valence-electron chi connectivity index (χ4n) is 3.12. The van der Waals surface area contributed by atoms with Crippen molar-refractivity contribution >= 4 is 6.09 Å². The van der Waals surface area contributed by atoms with E-state index < -0.39 is 5.60 Å². The molecule has 0 aromatic heterocycles. The highest BCUT2D eigenvalue weighted by molar-refractivity contribution is 5.68. The minimum absolute atomic E-state index is 0.177. The molecule has 1 unspecified atom stereocenters. The van der Waals surface area contributed by atoms with Gasteiger partial charge in [0, 0.05) is 38.8 Å². The second kappa shape index (κ2) is 8.85. The lowest BCUT2D eigenvalue weighted by Crippen LogP contribution is -2.50. The van der Waals surface area contributed by atoms with E-state index in [4.69, 9.17) is 4.74 Å². The van der Waals surface area contributed by atoms with Gasteiger partial charge in [-0.1, -0.05) is 0 Å². The minimum Gasteiger partial charge on any atom is -0.444 e. The molecule has 2 aliphatic rings. The Kier molecular flexibility index (Phi) is 7.11. The Bertz CT molecular complexity index is 356. The molecule has 6 heteroatoms. The average molecular weight is 326 g/mol. The van der Waals surface area contributed by atoms with Gasteiger partial charge < -0.3 is 20.3 Å². The molecular formula is C17H34N4O2. The molecule has 0 aliphatic carbocycles. The normalized spacial score (nSPS) is 23.8. The van der Waals surface area contributed by atoms with Crippen LogP contribution >= 0.6 is 0 Å². The molecular weight excluding hydrogens is 292 g/mol. The highest BCUT2D eigenvalue weighted by Gasteiger charge is 2.25. The van der Waals surface area contributed by atoms with Crippen molar-refractivity contribution in [2.75, 3.05) is 52.4 Å². The van der Waals surface area contributed by atoms with Crippen LogP contribution < -0.4 is 10.6 Å². The first-order valence-electron chi connectivity index (χ1n) is 9.08. The van der Waals surface area contributed by atoms with Gasteiger partial charge in [0.1, 0.15) is 5.60 Å². The number of nitrogens with zero attached hydrogens (tertiary/aromatic N) is 2. The maximum Gasteiger partial charge on any atom is 0.410 e. The van der Waals surface area contributed by atoms with Crippen molar-refractivity contribution in [2.24, 2.45) is 0 Å². The second-order valence-corrected chi connectivity index (χ2v) is 7.66. The molecule has 2 heterocycles. The van der Waals surface area contributed by atoms with Gasteiger partial charge in [0.2, 0.25) is 0 Å². The largest absolute Gasteiger partial charge is 0.444 e. The molecule has 0 aromatic carbocycles. The van der Waals surface area contributed by atoms with E-state index in [2.05, 4.69) is 15.5 Å². The fourth-order valence-corrected chi connectivity index (χ4v) is 3.12. The van der Waals surface area contributed by atoms with Crippen LogP contribution in [-0.4, -0.2) is 79.9 Å². The third-order valence-corrected chi connectivity index (χ3v) is 4.40. The molecule has 0 radical (unpaired) electrons. The molecule has 0 saturated carbocycles. The Morgan fingerprint density at radius 2 is 2.00 bits per heavy atom. The first-order chi connectivity index (χ1) is 10.9. The van der Waals surface area contributed by atoms with Gasteiger partial charge in [0.25, 0.3) is 0 Å². The summed E-state index contributed by atoms with van der Waals surface area (Å²) < 4.78 is 5.43. The minimum atomic E-state index is -0.409. The van der Waals surface area contributed by atoms with Crippen molar-refractivity contribution in [3.63, 3.8) is 0 Å². The van der Waals surface area contributed by atoms with Crippen molar-refractivity contribution < 1.29 is 9.53 Å². The van der Waals surface area contributed by atoms with E-state index in [9.17, 15) is 4.79 Å². The number of hydrogen-bond acceptors (Lipinski definition) is 5. The molecule has 1 amide bonds. The van der Waals surface area contributed by atoms with Gasteiger partial charge in [-0.2, -0.15) is 0 Å². The standard InChI is InChI=1S/C17H34N4O2/c1-17(2,3)23-16(22)21-12-10-20(11-13-21)9-5-8-19-15-6-4-7-18-14-15/h15,18-19H,4-14H2,1-3H3. The number of piperidine rings is 1. The quantitative estimate of drug-likeness (QED) is 0.745. The van der Waals surface area contributed by atoms with Crippen LogP contribution in [0.2, 0.25) is 0 Å². The van der Waals surface area contributed by atoms with Gasteiger partial charge in [-0.3, -0.25) is 4.90 Å². The highest BCUT2D eigenvalue weighted by atomic mass is 16.6. The molecule has 2 fully saturated rings. The van der Waals surface area contributed by atoms with Crippen LogP contribution in [0.5, 0.6) is 0 Å². The molecule has 0 spiro atoms. The molecule has 134 valence electrons. The van der Waals surface area contributed by atoms with E-state index >= 15 is 0 Å². The lowest BCUT2D eigenvalue weighted by atomic mass is 10.1. The van der Waals surface area contributed by atoms with Crippen LogP contribution in [-0.2, 0) is 4.74 Å².